The number of sulfonamides is 1. The molecule has 0 amide bonds. The fraction of sp³-hybridized carbons (Fsp3) is 1.00. The van der Waals surface area contributed by atoms with Gasteiger partial charge in [-0.15, -0.1) is 0 Å². The van der Waals surface area contributed by atoms with Crippen LogP contribution in [0.2, 0.25) is 0 Å². The molecule has 1 heterocycles. The van der Waals surface area contributed by atoms with Gasteiger partial charge >= 0.3 is 6.18 Å². The van der Waals surface area contributed by atoms with E-state index < -0.39 is 28.1 Å². The molecule has 1 saturated heterocycles. The van der Waals surface area contributed by atoms with Crippen molar-refractivity contribution in [1.82, 2.24) is 10.0 Å². The van der Waals surface area contributed by atoms with Gasteiger partial charge in [0.1, 0.15) is 6.61 Å². The molecule has 1 aliphatic heterocycles. The lowest BCUT2D eigenvalue weighted by molar-refractivity contribution is -0.173. The van der Waals surface area contributed by atoms with Gasteiger partial charge in [-0.25, -0.2) is 13.1 Å². The Balaban J connectivity index is 2.21. The van der Waals surface area contributed by atoms with E-state index in [1.54, 1.807) is 0 Å². The predicted octanol–water partition coefficient (Wildman–Crippen LogP) is 0.237. The van der Waals surface area contributed by atoms with Crippen molar-refractivity contribution in [2.45, 2.75) is 24.3 Å². The van der Waals surface area contributed by atoms with Crippen molar-refractivity contribution in [3.63, 3.8) is 0 Å². The minimum atomic E-state index is -4.38. The molecular formula is C9H17F3N2O3S. The second-order valence-electron chi connectivity index (χ2n) is 4.08. The van der Waals surface area contributed by atoms with Gasteiger partial charge in [0.25, 0.3) is 0 Å². The standard InChI is InChI=1S/C9H17F3N2O3S/c10-9(11,12)7-17-5-4-14-18(15,16)8-2-1-3-13-6-8/h8,13-14H,1-7H2. The summed E-state index contributed by atoms with van der Waals surface area (Å²) in [6.07, 6.45) is -3.05. The third-order valence-corrected chi connectivity index (χ3v) is 4.39. The molecule has 0 spiro atoms. The summed E-state index contributed by atoms with van der Waals surface area (Å²) in [7, 11) is -3.47. The van der Waals surface area contributed by atoms with E-state index in [1.165, 1.54) is 0 Å². The van der Waals surface area contributed by atoms with Crippen LogP contribution in [0.15, 0.2) is 0 Å². The average molecular weight is 290 g/mol. The first kappa shape index (κ1) is 15.7. The fourth-order valence-electron chi connectivity index (χ4n) is 1.65. The highest BCUT2D eigenvalue weighted by Crippen LogP contribution is 2.14. The van der Waals surface area contributed by atoms with Gasteiger partial charge < -0.3 is 10.1 Å². The van der Waals surface area contributed by atoms with Gasteiger partial charge in [-0.2, -0.15) is 13.2 Å². The Morgan fingerprint density at radius 1 is 1.39 bits per heavy atom. The van der Waals surface area contributed by atoms with Crippen molar-refractivity contribution >= 4 is 10.0 Å². The molecule has 18 heavy (non-hydrogen) atoms. The molecule has 1 rings (SSSR count). The monoisotopic (exact) mass is 290 g/mol. The van der Waals surface area contributed by atoms with E-state index in [2.05, 4.69) is 14.8 Å². The van der Waals surface area contributed by atoms with Crippen LogP contribution in [0.1, 0.15) is 12.8 Å². The van der Waals surface area contributed by atoms with Gasteiger partial charge in [0.15, 0.2) is 0 Å². The largest absolute Gasteiger partial charge is 0.411 e. The minimum absolute atomic E-state index is 0.144. The Hall–Kier alpha value is -0.380. The molecule has 0 aromatic rings. The van der Waals surface area contributed by atoms with Crippen molar-refractivity contribution in [3.8, 4) is 0 Å². The Morgan fingerprint density at radius 3 is 2.67 bits per heavy atom. The van der Waals surface area contributed by atoms with Crippen LogP contribution in [0.25, 0.3) is 0 Å². The van der Waals surface area contributed by atoms with Crippen LogP contribution >= 0.6 is 0 Å². The van der Waals surface area contributed by atoms with Crippen LogP contribution in [-0.4, -0.2) is 52.7 Å². The van der Waals surface area contributed by atoms with Crippen molar-refractivity contribution in [2.24, 2.45) is 0 Å². The molecule has 0 aromatic heterocycles. The number of hydrogen-bond donors (Lipinski definition) is 2. The van der Waals surface area contributed by atoms with Crippen LogP contribution in [0.4, 0.5) is 13.2 Å². The van der Waals surface area contributed by atoms with Crippen LogP contribution in [0.3, 0.4) is 0 Å². The van der Waals surface area contributed by atoms with Gasteiger partial charge in [-0.05, 0) is 19.4 Å². The van der Waals surface area contributed by atoms with Crippen molar-refractivity contribution in [1.29, 1.82) is 0 Å². The first-order chi connectivity index (χ1) is 8.31. The number of piperidine rings is 1. The Labute approximate surface area is 104 Å². The summed E-state index contributed by atoms with van der Waals surface area (Å²) in [4.78, 5) is 0. The number of alkyl halides is 3. The maximum Gasteiger partial charge on any atom is 0.411 e. The lowest BCUT2D eigenvalue weighted by Crippen LogP contribution is -2.45. The molecule has 2 N–H and O–H groups in total. The highest BCUT2D eigenvalue weighted by molar-refractivity contribution is 7.90. The third-order valence-electron chi connectivity index (χ3n) is 2.51. The van der Waals surface area contributed by atoms with E-state index in [9.17, 15) is 21.6 Å². The van der Waals surface area contributed by atoms with Crippen LogP contribution < -0.4 is 10.0 Å². The van der Waals surface area contributed by atoms with E-state index in [4.69, 9.17) is 0 Å². The lowest BCUT2D eigenvalue weighted by atomic mass is 10.2. The van der Waals surface area contributed by atoms with Gasteiger partial charge in [-0.3, -0.25) is 0 Å². The SMILES string of the molecule is O=S(=O)(NCCOCC(F)(F)F)C1CCCNC1. The molecular weight excluding hydrogens is 273 g/mol. The summed E-state index contributed by atoms with van der Waals surface area (Å²) in [5.41, 5.74) is 0. The zero-order valence-electron chi connectivity index (χ0n) is 9.79. The van der Waals surface area contributed by atoms with Gasteiger partial charge in [0.05, 0.1) is 11.9 Å². The zero-order chi connectivity index (χ0) is 13.6. The molecule has 5 nitrogen and oxygen atoms in total. The van der Waals surface area contributed by atoms with E-state index in [1.807, 2.05) is 0 Å². The highest BCUT2D eigenvalue weighted by Gasteiger charge is 2.28. The molecule has 0 aliphatic carbocycles. The van der Waals surface area contributed by atoms with E-state index >= 15 is 0 Å². The first-order valence-corrected chi connectivity index (χ1v) is 7.19. The molecule has 0 bridgehead atoms. The maximum absolute atomic E-state index is 11.7. The molecule has 1 aliphatic rings. The minimum Gasteiger partial charge on any atom is -0.371 e. The highest BCUT2D eigenvalue weighted by atomic mass is 32.2. The lowest BCUT2D eigenvalue weighted by Gasteiger charge is -2.23. The molecule has 1 unspecified atom stereocenters. The maximum atomic E-state index is 11.7. The average Bonchev–Trinajstić information content (AvgIpc) is 2.28. The van der Waals surface area contributed by atoms with Crippen molar-refractivity contribution < 1.29 is 26.3 Å². The summed E-state index contributed by atoms with van der Waals surface area (Å²) in [5.74, 6) is 0. The first-order valence-electron chi connectivity index (χ1n) is 5.65. The molecule has 1 atom stereocenters. The van der Waals surface area contributed by atoms with Crippen LogP contribution in [-0.2, 0) is 14.8 Å². The van der Waals surface area contributed by atoms with Gasteiger partial charge in [0, 0.05) is 13.1 Å². The zero-order valence-corrected chi connectivity index (χ0v) is 10.6. The van der Waals surface area contributed by atoms with Gasteiger partial charge in [0.2, 0.25) is 10.0 Å². The van der Waals surface area contributed by atoms with Crippen molar-refractivity contribution in [2.75, 3.05) is 32.8 Å². The van der Waals surface area contributed by atoms with Crippen LogP contribution in [0, 0.1) is 0 Å². The molecule has 1 fully saturated rings. The summed E-state index contributed by atoms with van der Waals surface area (Å²) >= 11 is 0. The topological polar surface area (TPSA) is 67.4 Å². The Bertz CT molecular complexity index is 339. The smallest absolute Gasteiger partial charge is 0.371 e. The molecule has 9 heteroatoms. The quantitative estimate of drug-likeness (QED) is 0.688. The second kappa shape index (κ2) is 6.69. The van der Waals surface area contributed by atoms with Crippen molar-refractivity contribution in [3.05, 3.63) is 0 Å². The van der Waals surface area contributed by atoms with E-state index in [-0.39, 0.29) is 13.2 Å². The van der Waals surface area contributed by atoms with Crippen LogP contribution in [0.5, 0.6) is 0 Å². The number of nitrogens with one attached hydrogen (secondary N) is 2. The summed E-state index contributed by atoms with van der Waals surface area (Å²) in [6, 6.07) is 0. The molecule has 108 valence electrons. The number of ether oxygens (including phenoxy) is 1. The third kappa shape index (κ3) is 5.98. The summed E-state index contributed by atoms with van der Waals surface area (Å²) < 4.78 is 65.2. The van der Waals surface area contributed by atoms with Gasteiger partial charge in [-0.1, -0.05) is 0 Å². The molecule has 0 radical (unpaired) electrons. The summed E-state index contributed by atoms with van der Waals surface area (Å²) in [5, 5.41) is 2.44. The number of halogens is 3. The Kier molecular flexibility index (Phi) is 5.83. The number of rotatable bonds is 6. The predicted molar refractivity (Wildman–Crippen MR) is 59.7 cm³/mol. The number of hydrogen-bond acceptors (Lipinski definition) is 4. The summed E-state index contributed by atoms with van der Waals surface area (Å²) in [6.45, 7) is -0.632. The fourth-order valence-corrected chi connectivity index (χ4v) is 3.06. The molecule has 0 saturated carbocycles. The van der Waals surface area contributed by atoms with E-state index in [0.717, 1.165) is 13.0 Å². The normalized spacial score (nSPS) is 22.1. The molecule has 0 aromatic carbocycles. The second-order valence-corrected chi connectivity index (χ2v) is 6.12. The van der Waals surface area contributed by atoms with E-state index in [0.29, 0.717) is 13.0 Å². The Morgan fingerprint density at radius 2 is 2.11 bits per heavy atom.